The van der Waals surface area contributed by atoms with Crippen LogP contribution in [0.2, 0.25) is 0 Å². The van der Waals surface area contributed by atoms with Gasteiger partial charge in [0.05, 0.1) is 18.8 Å². The molecule has 134 valence electrons. The monoisotopic (exact) mass is 352 g/mol. The SMILES string of the molecule is COc1ccc(CC(N)C(=O)Nc2cccc(-n3nnnc3C)c2)cc1. The Balaban J connectivity index is 1.66. The Bertz CT molecular complexity index is 891. The van der Waals surface area contributed by atoms with E-state index in [4.69, 9.17) is 10.5 Å². The molecule has 0 aliphatic carbocycles. The number of nitrogens with two attached hydrogens (primary N) is 1. The Kier molecular flexibility index (Phi) is 5.23. The van der Waals surface area contributed by atoms with E-state index in [1.54, 1.807) is 30.8 Å². The summed E-state index contributed by atoms with van der Waals surface area (Å²) in [5.41, 5.74) is 8.40. The second-order valence-electron chi connectivity index (χ2n) is 5.84. The number of anilines is 1. The average Bonchev–Trinajstić information content (AvgIpc) is 3.08. The van der Waals surface area contributed by atoms with E-state index in [1.165, 1.54) is 0 Å². The highest BCUT2D eigenvalue weighted by molar-refractivity contribution is 5.95. The molecule has 1 aromatic heterocycles. The van der Waals surface area contributed by atoms with Crippen LogP contribution in [0.5, 0.6) is 5.75 Å². The van der Waals surface area contributed by atoms with Crippen molar-refractivity contribution in [2.45, 2.75) is 19.4 Å². The standard InChI is InChI=1S/C18H20N6O2/c1-12-21-22-23-24(12)15-5-3-4-14(11-15)20-18(25)17(19)10-13-6-8-16(26-2)9-7-13/h3-9,11,17H,10,19H2,1-2H3,(H,20,25). The fourth-order valence-corrected chi connectivity index (χ4v) is 2.53. The molecule has 0 saturated heterocycles. The van der Waals surface area contributed by atoms with Crippen LogP contribution < -0.4 is 15.8 Å². The van der Waals surface area contributed by atoms with Gasteiger partial charge in [0.15, 0.2) is 5.82 Å². The average molecular weight is 352 g/mol. The van der Waals surface area contributed by atoms with Gasteiger partial charge in [0.25, 0.3) is 0 Å². The molecule has 8 nitrogen and oxygen atoms in total. The first-order valence-corrected chi connectivity index (χ1v) is 8.11. The van der Waals surface area contributed by atoms with E-state index in [0.717, 1.165) is 17.0 Å². The quantitative estimate of drug-likeness (QED) is 0.696. The molecule has 1 heterocycles. The highest BCUT2D eigenvalue weighted by atomic mass is 16.5. The summed E-state index contributed by atoms with van der Waals surface area (Å²) >= 11 is 0. The van der Waals surface area contributed by atoms with Crippen LogP contribution in [0.25, 0.3) is 5.69 Å². The number of aromatic nitrogens is 4. The molecule has 2 aromatic carbocycles. The van der Waals surface area contributed by atoms with E-state index in [-0.39, 0.29) is 5.91 Å². The number of hydrogen-bond donors (Lipinski definition) is 2. The van der Waals surface area contributed by atoms with E-state index in [2.05, 4.69) is 20.8 Å². The fraction of sp³-hybridized carbons (Fsp3) is 0.222. The summed E-state index contributed by atoms with van der Waals surface area (Å²) in [5.74, 6) is 1.16. The van der Waals surface area contributed by atoms with Crippen LogP contribution in [-0.2, 0) is 11.2 Å². The first kappa shape index (κ1) is 17.6. The molecule has 0 radical (unpaired) electrons. The molecular weight excluding hydrogens is 332 g/mol. The van der Waals surface area contributed by atoms with Gasteiger partial charge >= 0.3 is 0 Å². The van der Waals surface area contributed by atoms with Crippen molar-refractivity contribution in [3.63, 3.8) is 0 Å². The maximum absolute atomic E-state index is 12.4. The van der Waals surface area contributed by atoms with Gasteiger partial charge in [-0.05, 0) is 59.7 Å². The van der Waals surface area contributed by atoms with Crippen LogP contribution in [0.3, 0.4) is 0 Å². The second-order valence-corrected chi connectivity index (χ2v) is 5.84. The lowest BCUT2D eigenvalue weighted by Gasteiger charge is -2.13. The van der Waals surface area contributed by atoms with Crippen molar-refractivity contribution in [2.24, 2.45) is 5.73 Å². The third-order valence-corrected chi connectivity index (χ3v) is 3.94. The molecule has 1 unspecified atom stereocenters. The maximum atomic E-state index is 12.4. The maximum Gasteiger partial charge on any atom is 0.241 e. The Morgan fingerprint density at radius 2 is 2.04 bits per heavy atom. The predicted octanol–water partition coefficient (Wildman–Crippen LogP) is 1.49. The molecule has 3 rings (SSSR count). The lowest BCUT2D eigenvalue weighted by atomic mass is 10.1. The zero-order valence-electron chi connectivity index (χ0n) is 14.6. The van der Waals surface area contributed by atoms with Crippen LogP contribution in [0.4, 0.5) is 5.69 Å². The first-order chi connectivity index (χ1) is 12.6. The van der Waals surface area contributed by atoms with E-state index in [1.807, 2.05) is 36.4 Å². The number of hydrogen-bond acceptors (Lipinski definition) is 6. The minimum Gasteiger partial charge on any atom is -0.497 e. The van der Waals surface area contributed by atoms with Gasteiger partial charge in [0, 0.05) is 5.69 Å². The van der Waals surface area contributed by atoms with Crippen molar-refractivity contribution in [1.82, 2.24) is 20.2 Å². The fourth-order valence-electron chi connectivity index (χ4n) is 2.53. The normalized spacial score (nSPS) is 11.8. The lowest BCUT2D eigenvalue weighted by molar-refractivity contribution is -0.117. The van der Waals surface area contributed by atoms with Gasteiger partial charge in [0.1, 0.15) is 5.75 Å². The minimum atomic E-state index is -0.665. The molecule has 0 bridgehead atoms. The van der Waals surface area contributed by atoms with Crippen LogP contribution in [-0.4, -0.2) is 39.3 Å². The summed E-state index contributed by atoms with van der Waals surface area (Å²) < 4.78 is 6.71. The molecule has 3 N–H and O–H groups in total. The number of nitrogens with one attached hydrogen (secondary N) is 1. The smallest absolute Gasteiger partial charge is 0.241 e. The number of aryl methyl sites for hydroxylation is 1. The topological polar surface area (TPSA) is 108 Å². The molecule has 3 aromatic rings. The number of rotatable bonds is 6. The van der Waals surface area contributed by atoms with Gasteiger partial charge in [0.2, 0.25) is 5.91 Å². The summed E-state index contributed by atoms with van der Waals surface area (Å²) in [6.07, 6.45) is 0.432. The molecule has 0 fully saturated rings. The molecule has 0 aliphatic rings. The van der Waals surface area contributed by atoms with Crippen molar-refractivity contribution >= 4 is 11.6 Å². The van der Waals surface area contributed by atoms with Gasteiger partial charge in [-0.1, -0.05) is 18.2 Å². The number of amides is 1. The zero-order chi connectivity index (χ0) is 18.5. The predicted molar refractivity (Wildman–Crippen MR) is 97.2 cm³/mol. The van der Waals surface area contributed by atoms with Crippen LogP contribution >= 0.6 is 0 Å². The van der Waals surface area contributed by atoms with E-state index < -0.39 is 6.04 Å². The highest BCUT2D eigenvalue weighted by Crippen LogP contribution is 2.16. The van der Waals surface area contributed by atoms with Crippen molar-refractivity contribution in [1.29, 1.82) is 0 Å². The Hall–Kier alpha value is -3.26. The van der Waals surface area contributed by atoms with Gasteiger partial charge < -0.3 is 15.8 Å². The number of nitrogens with zero attached hydrogens (tertiary/aromatic N) is 4. The van der Waals surface area contributed by atoms with Gasteiger partial charge in [-0.3, -0.25) is 4.79 Å². The molecular formula is C18H20N6O2. The molecule has 0 spiro atoms. The van der Waals surface area contributed by atoms with Crippen molar-refractivity contribution < 1.29 is 9.53 Å². The number of carbonyl (C=O) groups is 1. The first-order valence-electron chi connectivity index (χ1n) is 8.11. The van der Waals surface area contributed by atoms with Crippen LogP contribution in [0.1, 0.15) is 11.4 Å². The molecule has 1 amide bonds. The lowest BCUT2D eigenvalue weighted by Crippen LogP contribution is -2.37. The van der Waals surface area contributed by atoms with E-state index >= 15 is 0 Å². The Morgan fingerprint density at radius 1 is 1.27 bits per heavy atom. The molecule has 1 atom stereocenters. The third kappa shape index (κ3) is 4.04. The summed E-state index contributed by atoms with van der Waals surface area (Å²) in [6, 6.07) is 14.1. The summed E-state index contributed by atoms with van der Waals surface area (Å²) in [7, 11) is 1.61. The largest absolute Gasteiger partial charge is 0.497 e. The number of carbonyl (C=O) groups excluding carboxylic acids is 1. The van der Waals surface area contributed by atoms with Crippen molar-refractivity contribution in [2.75, 3.05) is 12.4 Å². The highest BCUT2D eigenvalue weighted by Gasteiger charge is 2.15. The van der Waals surface area contributed by atoms with Crippen molar-refractivity contribution in [3.8, 4) is 11.4 Å². The summed E-state index contributed by atoms with van der Waals surface area (Å²) in [4.78, 5) is 12.4. The van der Waals surface area contributed by atoms with Gasteiger partial charge in [-0.25, -0.2) is 0 Å². The zero-order valence-corrected chi connectivity index (χ0v) is 14.6. The minimum absolute atomic E-state index is 0.258. The van der Waals surface area contributed by atoms with Crippen molar-refractivity contribution in [3.05, 3.63) is 59.9 Å². The molecule has 8 heteroatoms. The van der Waals surface area contributed by atoms with Gasteiger partial charge in [-0.15, -0.1) is 5.10 Å². The number of ether oxygens (including phenoxy) is 1. The second kappa shape index (κ2) is 7.75. The van der Waals surface area contributed by atoms with E-state index in [0.29, 0.717) is 17.9 Å². The summed E-state index contributed by atoms with van der Waals surface area (Å²) in [6.45, 7) is 1.80. The van der Waals surface area contributed by atoms with Crippen LogP contribution in [0.15, 0.2) is 48.5 Å². The van der Waals surface area contributed by atoms with Gasteiger partial charge in [-0.2, -0.15) is 4.68 Å². The Labute approximate surface area is 151 Å². The molecule has 26 heavy (non-hydrogen) atoms. The number of methoxy groups -OCH3 is 1. The Morgan fingerprint density at radius 3 is 2.69 bits per heavy atom. The summed E-state index contributed by atoms with van der Waals surface area (Å²) in [5, 5.41) is 14.2. The molecule has 0 saturated carbocycles. The molecule has 0 aliphatic heterocycles. The third-order valence-electron chi connectivity index (χ3n) is 3.94. The van der Waals surface area contributed by atoms with Crippen LogP contribution in [0, 0.1) is 6.92 Å². The number of benzene rings is 2. The number of tetrazole rings is 1. The van der Waals surface area contributed by atoms with E-state index in [9.17, 15) is 4.79 Å².